The van der Waals surface area contributed by atoms with Crippen molar-refractivity contribution in [2.75, 3.05) is 0 Å². The van der Waals surface area contributed by atoms with E-state index in [1.807, 2.05) is 25.1 Å². The van der Waals surface area contributed by atoms with Crippen LogP contribution in [-0.4, -0.2) is 17.2 Å². The van der Waals surface area contributed by atoms with E-state index in [0.29, 0.717) is 10.8 Å². The van der Waals surface area contributed by atoms with E-state index in [2.05, 4.69) is 0 Å². The fourth-order valence-corrected chi connectivity index (χ4v) is 2.02. The van der Waals surface area contributed by atoms with Gasteiger partial charge in [-0.15, -0.1) is 0 Å². The minimum atomic E-state index is -0.995. The molecule has 0 radical (unpaired) electrons. The van der Waals surface area contributed by atoms with Gasteiger partial charge in [-0.1, -0.05) is 41.9 Å². The Hall–Kier alpha value is -2.00. The highest BCUT2D eigenvalue weighted by Crippen LogP contribution is 2.19. The molecule has 0 aliphatic carbocycles. The highest BCUT2D eigenvalue weighted by molar-refractivity contribution is 6.31. The zero-order valence-corrected chi connectivity index (χ0v) is 11.8. The fourth-order valence-electron chi connectivity index (χ4n) is 1.82. The summed E-state index contributed by atoms with van der Waals surface area (Å²) < 4.78 is 5.51. The molecule has 4 heteroatoms. The molecule has 0 aromatic heterocycles. The van der Waals surface area contributed by atoms with Gasteiger partial charge in [-0.25, -0.2) is 4.79 Å². The maximum Gasteiger partial charge on any atom is 0.345 e. The molecule has 2 rings (SSSR count). The van der Waals surface area contributed by atoms with E-state index in [4.69, 9.17) is 16.3 Å². The average Bonchev–Trinajstić information content (AvgIpc) is 2.43. The standard InChI is InChI=1S/C16H15ClO3/c1-11-7-8-12(9-14(11)17)10-15(16(18)19)20-13-5-3-2-4-6-13/h2-9,15H,10H2,1H3,(H,18,19)/t15-/m1/s1. The monoisotopic (exact) mass is 290 g/mol. The summed E-state index contributed by atoms with van der Waals surface area (Å²) in [6, 6.07) is 14.4. The molecule has 0 bridgehead atoms. The number of aliphatic carboxylic acids is 1. The first kappa shape index (κ1) is 14.4. The molecule has 2 aromatic carbocycles. The molecule has 2 aromatic rings. The summed E-state index contributed by atoms with van der Waals surface area (Å²) in [5.74, 6) is -0.455. The van der Waals surface area contributed by atoms with Gasteiger partial charge in [0.05, 0.1) is 0 Å². The molecule has 1 atom stereocenters. The summed E-state index contributed by atoms with van der Waals surface area (Å²) in [5, 5.41) is 9.89. The maximum atomic E-state index is 11.3. The second kappa shape index (κ2) is 6.44. The molecule has 0 aliphatic rings. The molecular weight excluding hydrogens is 276 g/mol. The number of carboxylic acids is 1. The van der Waals surface area contributed by atoms with Gasteiger partial charge in [-0.2, -0.15) is 0 Å². The number of carbonyl (C=O) groups is 1. The largest absolute Gasteiger partial charge is 0.478 e. The first-order chi connectivity index (χ1) is 9.56. The van der Waals surface area contributed by atoms with Gasteiger partial charge in [-0.05, 0) is 36.2 Å². The van der Waals surface area contributed by atoms with Crippen LogP contribution in [0, 0.1) is 6.92 Å². The molecule has 20 heavy (non-hydrogen) atoms. The molecule has 3 nitrogen and oxygen atoms in total. The van der Waals surface area contributed by atoms with Gasteiger partial charge in [0.25, 0.3) is 0 Å². The Morgan fingerprint density at radius 3 is 2.55 bits per heavy atom. The van der Waals surface area contributed by atoms with Crippen LogP contribution in [0.15, 0.2) is 48.5 Å². The van der Waals surface area contributed by atoms with Crippen LogP contribution < -0.4 is 4.74 Å². The molecular formula is C16H15ClO3. The minimum absolute atomic E-state index is 0.268. The first-order valence-corrected chi connectivity index (χ1v) is 6.63. The Morgan fingerprint density at radius 2 is 1.95 bits per heavy atom. The zero-order valence-electron chi connectivity index (χ0n) is 11.0. The average molecular weight is 291 g/mol. The highest BCUT2D eigenvalue weighted by atomic mass is 35.5. The first-order valence-electron chi connectivity index (χ1n) is 6.26. The molecule has 0 saturated heterocycles. The minimum Gasteiger partial charge on any atom is -0.478 e. The third kappa shape index (κ3) is 3.75. The summed E-state index contributed by atoms with van der Waals surface area (Å²) >= 11 is 6.05. The predicted molar refractivity (Wildman–Crippen MR) is 78.4 cm³/mol. The highest BCUT2D eigenvalue weighted by Gasteiger charge is 2.20. The molecule has 0 amide bonds. The van der Waals surface area contributed by atoms with Crippen LogP contribution in [0.3, 0.4) is 0 Å². The lowest BCUT2D eigenvalue weighted by Crippen LogP contribution is -2.29. The lowest BCUT2D eigenvalue weighted by molar-refractivity contribution is -0.145. The third-order valence-electron chi connectivity index (χ3n) is 2.95. The van der Waals surface area contributed by atoms with E-state index < -0.39 is 12.1 Å². The lowest BCUT2D eigenvalue weighted by atomic mass is 10.1. The Bertz CT molecular complexity index is 596. The topological polar surface area (TPSA) is 46.5 Å². The summed E-state index contributed by atoms with van der Waals surface area (Å²) in [6.45, 7) is 1.90. The van der Waals surface area contributed by atoms with Crippen LogP contribution in [0.25, 0.3) is 0 Å². The van der Waals surface area contributed by atoms with Gasteiger partial charge in [0.1, 0.15) is 5.75 Å². The number of hydrogen-bond acceptors (Lipinski definition) is 2. The van der Waals surface area contributed by atoms with Gasteiger partial charge in [-0.3, -0.25) is 0 Å². The van der Waals surface area contributed by atoms with Crippen LogP contribution >= 0.6 is 11.6 Å². The number of ether oxygens (including phenoxy) is 1. The van der Waals surface area contributed by atoms with Gasteiger partial charge in [0.2, 0.25) is 0 Å². The Balaban J connectivity index is 2.13. The molecule has 0 aliphatic heterocycles. The summed E-state index contributed by atoms with van der Waals surface area (Å²) in [6.07, 6.45) is -0.666. The van der Waals surface area contributed by atoms with Crippen molar-refractivity contribution in [3.63, 3.8) is 0 Å². The van der Waals surface area contributed by atoms with Crippen molar-refractivity contribution < 1.29 is 14.6 Å². The van der Waals surface area contributed by atoms with E-state index >= 15 is 0 Å². The van der Waals surface area contributed by atoms with Crippen molar-refractivity contribution in [1.29, 1.82) is 0 Å². The molecule has 0 fully saturated rings. The van der Waals surface area contributed by atoms with E-state index in [-0.39, 0.29) is 6.42 Å². The predicted octanol–water partition coefficient (Wildman–Crippen LogP) is 3.72. The van der Waals surface area contributed by atoms with Crippen molar-refractivity contribution in [3.05, 3.63) is 64.7 Å². The van der Waals surface area contributed by atoms with E-state index in [1.165, 1.54) is 0 Å². The Morgan fingerprint density at radius 1 is 1.25 bits per heavy atom. The number of para-hydroxylation sites is 1. The summed E-state index contributed by atoms with van der Waals surface area (Å²) in [4.78, 5) is 11.3. The number of hydrogen-bond donors (Lipinski definition) is 1. The number of rotatable bonds is 5. The molecule has 104 valence electrons. The molecule has 0 saturated carbocycles. The van der Waals surface area contributed by atoms with Crippen LogP contribution in [-0.2, 0) is 11.2 Å². The summed E-state index contributed by atoms with van der Waals surface area (Å²) in [7, 11) is 0. The van der Waals surface area contributed by atoms with Crippen molar-refractivity contribution in [1.82, 2.24) is 0 Å². The van der Waals surface area contributed by atoms with Crippen molar-refractivity contribution in [2.45, 2.75) is 19.4 Å². The normalized spacial score (nSPS) is 11.9. The van der Waals surface area contributed by atoms with Crippen molar-refractivity contribution >= 4 is 17.6 Å². The van der Waals surface area contributed by atoms with Gasteiger partial charge >= 0.3 is 5.97 Å². The SMILES string of the molecule is Cc1ccc(C[C@@H](Oc2ccccc2)C(=O)O)cc1Cl. The van der Waals surface area contributed by atoms with Crippen LogP contribution in [0.1, 0.15) is 11.1 Å². The number of halogens is 1. The number of aryl methyl sites for hydroxylation is 1. The van der Waals surface area contributed by atoms with Crippen LogP contribution in [0.4, 0.5) is 0 Å². The van der Waals surface area contributed by atoms with Crippen molar-refractivity contribution in [3.8, 4) is 5.75 Å². The number of carboxylic acid groups (broad SMARTS) is 1. The molecule has 0 heterocycles. The fraction of sp³-hybridized carbons (Fsp3) is 0.188. The van der Waals surface area contributed by atoms with Crippen molar-refractivity contribution in [2.24, 2.45) is 0 Å². The lowest BCUT2D eigenvalue weighted by Gasteiger charge is -2.15. The maximum absolute atomic E-state index is 11.3. The molecule has 1 N–H and O–H groups in total. The van der Waals surface area contributed by atoms with Crippen LogP contribution in [0.5, 0.6) is 5.75 Å². The summed E-state index contributed by atoms with van der Waals surface area (Å²) in [5.41, 5.74) is 1.80. The third-order valence-corrected chi connectivity index (χ3v) is 3.36. The number of benzene rings is 2. The zero-order chi connectivity index (χ0) is 14.5. The second-order valence-electron chi connectivity index (χ2n) is 4.55. The smallest absolute Gasteiger partial charge is 0.345 e. The Kier molecular flexibility index (Phi) is 4.64. The Labute approximate surface area is 122 Å². The van der Waals surface area contributed by atoms with E-state index in [9.17, 15) is 9.90 Å². The second-order valence-corrected chi connectivity index (χ2v) is 4.95. The van der Waals surface area contributed by atoms with Crippen LogP contribution in [0.2, 0.25) is 5.02 Å². The molecule has 0 unspecified atom stereocenters. The van der Waals surface area contributed by atoms with Gasteiger partial charge in [0.15, 0.2) is 6.10 Å². The quantitative estimate of drug-likeness (QED) is 0.913. The van der Waals surface area contributed by atoms with Gasteiger partial charge < -0.3 is 9.84 Å². The van der Waals surface area contributed by atoms with E-state index in [0.717, 1.165) is 11.1 Å². The van der Waals surface area contributed by atoms with E-state index in [1.54, 1.807) is 30.3 Å². The van der Waals surface area contributed by atoms with Gasteiger partial charge in [0, 0.05) is 11.4 Å². The molecule has 0 spiro atoms.